The van der Waals surface area contributed by atoms with Gasteiger partial charge in [0, 0.05) is 0 Å². The topological polar surface area (TPSA) is 43.5 Å². The number of ether oxygens (including phenoxy) is 4. The van der Waals surface area contributed by atoms with Gasteiger partial charge in [-0.1, -0.05) is 54.4 Å². The van der Waals surface area contributed by atoms with Crippen molar-refractivity contribution in [1.29, 1.82) is 0 Å². The smallest absolute Gasteiger partial charge is 0.125 e. The fourth-order valence-corrected chi connectivity index (χ4v) is 6.26. The van der Waals surface area contributed by atoms with E-state index in [9.17, 15) is 0 Å². The normalized spacial score (nSPS) is 19.4. The Bertz CT molecular complexity index is 933. The molecule has 2 aliphatic rings. The Hall–Kier alpha value is -2.04. The van der Waals surface area contributed by atoms with E-state index in [2.05, 4.69) is 65.8 Å². The monoisotopic (exact) mass is 550 g/mol. The summed E-state index contributed by atoms with van der Waals surface area (Å²) in [6.07, 6.45) is 11.8. The van der Waals surface area contributed by atoms with Crippen LogP contribution in [0.1, 0.15) is 102 Å². The summed E-state index contributed by atoms with van der Waals surface area (Å²) in [5, 5.41) is 0. The third-order valence-corrected chi connectivity index (χ3v) is 9.09. The molecule has 0 radical (unpaired) electrons. The first-order chi connectivity index (χ1) is 19.6. The molecule has 2 saturated heterocycles. The zero-order valence-corrected chi connectivity index (χ0v) is 26.2. The van der Waals surface area contributed by atoms with Gasteiger partial charge in [0.25, 0.3) is 0 Å². The van der Waals surface area contributed by atoms with Gasteiger partial charge in [-0.05, 0) is 121 Å². The van der Waals surface area contributed by atoms with Crippen LogP contribution in [0.4, 0.5) is 0 Å². The number of rotatable bonds is 19. The summed E-state index contributed by atoms with van der Waals surface area (Å²) in [6.45, 7) is 17.0. The van der Waals surface area contributed by atoms with Gasteiger partial charge in [0.05, 0.1) is 38.6 Å². The highest BCUT2D eigenvalue weighted by Gasteiger charge is 2.31. The van der Waals surface area contributed by atoms with Crippen molar-refractivity contribution in [1.82, 2.24) is 0 Å². The van der Waals surface area contributed by atoms with Crippen LogP contribution in [0.5, 0.6) is 11.5 Å². The SMILES string of the molecule is CCc1cc(-c2cc(CC)c(OCCCC(CC)C3CO3)c(CC)c2)cc(CC)c1OCCCC(CC)C1CO1. The number of epoxide rings is 2. The molecule has 0 N–H and O–H groups in total. The second-order valence-electron chi connectivity index (χ2n) is 11.7. The third kappa shape index (κ3) is 8.03. The van der Waals surface area contributed by atoms with E-state index >= 15 is 0 Å². The number of hydrogen-bond donors (Lipinski definition) is 0. The van der Waals surface area contributed by atoms with E-state index in [4.69, 9.17) is 18.9 Å². The fourth-order valence-electron chi connectivity index (χ4n) is 6.26. The first-order valence-electron chi connectivity index (χ1n) is 16.4. The molecule has 0 aromatic heterocycles. The van der Waals surface area contributed by atoms with Crippen molar-refractivity contribution in [3.8, 4) is 22.6 Å². The first-order valence-corrected chi connectivity index (χ1v) is 16.4. The van der Waals surface area contributed by atoms with Crippen molar-refractivity contribution in [2.75, 3.05) is 26.4 Å². The third-order valence-electron chi connectivity index (χ3n) is 9.09. The lowest BCUT2D eigenvalue weighted by Gasteiger charge is -2.20. The molecule has 4 atom stereocenters. The molecular formula is C36H54O4. The Morgan fingerprint density at radius 1 is 0.600 bits per heavy atom. The lowest BCUT2D eigenvalue weighted by molar-refractivity contribution is 0.261. The highest BCUT2D eigenvalue weighted by atomic mass is 16.6. The molecule has 4 nitrogen and oxygen atoms in total. The largest absolute Gasteiger partial charge is 0.493 e. The van der Waals surface area contributed by atoms with Gasteiger partial charge in [-0.2, -0.15) is 0 Å². The minimum absolute atomic E-state index is 0.496. The summed E-state index contributed by atoms with van der Waals surface area (Å²) >= 11 is 0. The van der Waals surface area contributed by atoms with Gasteiger partial charge >= 0.3 is 0 Å². The Morgan fingerprint density at radius 2 is 0.925 bits per heavy atom. The molecule has 222 valence electrons. The van der Waals surface area contributed by atoms with Crippen LogP contribution in [0.25, 0.3) is 11.1 Å². The molecule has 0 amide bonds. The van der Waals surface area contributed by atoms with Gasteiger partial charge in [0.2, 0.25) is 0 Å². The van der Waals surface area contributed by atoms with E-state index in [1.165, 1.54) is 59.1 Å². The van der Waals surface area contributed by atoms with Crippen molar-refractivity contribution < 1.29 is 18.9 Å². The zero-order valence-electron chi connectivity index (χ0n) is 26.2. The van der Waals surface area contributed by atoms with E-state index in [1.807, 2.05) is 0 Å². The van der Waals surface area contributed by atoms with E-state index < -0.39 is 0 Å². The Morgan fingerprint density at radius 3 is 1.18 bits per heavy atom. The van der Waals surface area contributed by atoms with Gasteiger partial charge in [-0.25, -0.2) is 0 Å². The average molecular weight is 551 g/mol. The Kier molecular flexibility index (Phi) is 11.8. The highest BCUT2D eigenvalue weighted by molar-refractivity contribution is 5.71. The van der Waals surface area contributed by atoms with Crippen LogP contribution in [0, 0.1) is 11.8 Å². The molecule has 4 unspecified atom stereocenters. The molecule has 2 aliphatic heterocycles. The highest BCUT2D eigenvalue weighted by Crippen LogP contribution is 2.37. The van der Waals surface area contributed by atoms with Crippen molar-refractivity contribution >= 4 is 0 Å². The Balaban J connectivity index is 1.46. The molecule has 4 rings (SSSR count). The van der Waals surface area contributed by atoms with Crippen LogP contribution in [0.15, 0.2) is 24.3 Å². The van der Waals surface area contributed by atoms with Crippen LogP contribution < -0.4 is 9.47 Å². The van der Waals surface area contributed by atoms with Gasteiger partial charge in [0.15, 0.2) is 0 Å². The van der Waals surface area contributed by atoms with Gasteiger partial charge in [0.1, 0.15) is 11.5 Å². The summed E-state index contributed by atoms with van der Waals surface area (Å²) < 4.78 is 24.0. The van der Waals surface area contributed by atoms with Gasteiger partial charge in [-0.3, -0.25) is 0 Å². The van der Waals surface area contributed by atoms with E-state index in [1.54, 1.807) is 0 Å². The number of benzene rings is 2. The second-order valence-corrected chi connectivity index (χ2v) is 11.7. The van der Waals surface area contributed by atoms with Crippen molar-refractivity contribution in [2.24, 2.45) is 11.8 Å². The second kappa shape index (κ2) is 15.3. The minimum atomic E-state index is 0.496. The minimum Gasteiger partial charge on any atom is -0.493 e. The van der Waals surface area contributed by atoms with Crippen LogP contribution >= 0.6 is 0 Å². The summed E-state index contributed by atoms with van der Waals surface area (Å²) in [4.78, 5) is 0. The quantitative estimate of drug-likeness (QED) is 0.129. The van der Waals surface area contributed by atoms with Gasteiger partial charge < -0.3 is 18.9 Å². The first kappa shape index (κ1) is 30.9. The van der Waals surface area contributed by atoms with Crippen molar-refractivity contribution in [2.45, 2.75) is 118 Å². The van der Waals surface area contributed by atoms with Crippen LogP contribution in [-0.2, 0) is 35.2 Å². The van der Waals surface area contributed by atoms with Crippen molar-refractivity contribution in [3.05, 3.63) is 46.5 Å². The molecule has 2 aromatic rings. The standard InChI is InChI=1S/C36H54O4/c1-7-25(33-23-39-33)15-13-17-37-35-27(9-3)19-31(20-28(35)10-4)32-21-29(11-5)36(30(12-6)22-32)38-18-14-16-26(8-2)34-24-40-34/h19-22,25-26,33-34H,7-18,23-24H2,1-6H3. The van der Waals surface area contributed by atoms with Gasteiger partial charge in [-0.15, -0.1) is 0 Å². The zero-order chi connectivity index (χ0) is 28.5. The van der Waals surface area contributed by atoms with Crippen LogP contribution in [0.2, 0.25) is 0 Å². The molecule has 0 bridgehead atoms. The van der Waals surface area contributed by atoms with E-state index in [0.717, 1.165) is 76.5 Å². The summed E-state index contributed by atoms with van der Waals surface area (Å²) in [7, 11) is 0. The predicted octanol–water partition coefficient (Wildman–Crippen LogP) is 8.77. The van der Waals surface area contributed by atoms with Crippen LogP contribution in [0.3, 0.4) is 0 Å². The average Bonchev–Trinajstić information content (AvgIpc) is 3.91. The predicted molar refractivity (Wildman–Crippen MR) is 166 cm³/mol. The maximum Gasteiger partial charge on any atom is 0.125 e. The molecule has 4 heteroatoms. The molecule has 0 spiro atoms. The molecule has 40 heavy (non-hydrogen) atoms. The maximum absolute atomic E-state index is 6.47. The summed E-state index contributed by atoms with van der Waals surface area (Å²) in [5.74, 6) is 3.58. The number of hydrogen-bond acceptors (Lipinski definition) is 4. The molecule has 2 fully saturated rings. The molecule has 0 aliphatic carbocycles. The fraction of sp³-hybridized carbons (Fsp3) is 0.667. The Labute approximate surface area is 244 Å². The molecule has 2 aromatic carbocycles. The summed E-state index contributed by atoms with van der Waals surface area (Å²) in [6, 6.07) is 9.45. The van der Waals surface area contributed by atoms with E-state index in [-0.39, 0.29) is 0 Å². The molecular weight excluding hydrogens is 496 g/mol. The lowest BCUT2D eigenvalue weighted by Crippen LogP contribution is -2.10. The summed E-state index contributed by atoms with van der Waals surface area (Å²) in [5.41, 5.74) is 7.84. The van der Waals surface area contributed by atoms with Crippen LogP contribution in [-0.4, -0.2) is 38.6 Å². The lowest BCUT2D eigenvalue weighted by atomic mass is 9.92. The van der Waals surface area contributed by atoms with E-state index in [0.29, 0.717) is 24.0 Å². The molecule has 2 heterocycles. The van der Waals surface area contributed by atoms with Crippen molar-refractivity contribution in [3.63, 3.8) is 0 Å². The maximum atomic E-state index is 6.47. The molecule has 0 saturated carbocycles. The number of aryl methyl sites for hydroxylation is 4.